The number of carbonyl (C=O) groups excluding carboxylic acids is 4. The van der Waals surface area contributed by atoms with Crippen LogP contribution in [0.4, 0.5) is 4.79 Å². The number of hydrazine groups is 1. The predicted octanol–water partition coefficient (Wildman–Crippen LogP) is 2.45. The number of hydrogen-bond acceptors (Lipinski definition) is 5. The molecule has 35 heavy (non-hydrogen) atoms. The fraction of sp³-hybridized carbons (Fsp3) is 0.520. The molecule has 0 spiro atoms. The molecule has 0 saturated carbocycles. The molecule has 3 atom stereocenters. The molecule has 0 aliphatic rings. The Hall–Kier alpha value is -3.40. The van der Waals surface area contributed by atoms with E-state index in [1.165, 1.54) is 6.92 Å². The standard InChI is InChI=1S/C25H39N5O5/c1-16(2)14-21(20(23(32)29-35)13-9-12-19-10-7-6-8-11-19)22(31)28-30(15-17(3)4)24(33)18(5)27-25(26)34/h6-12,16-18,20-21,35H,13-15H2,1-5H3,(H,28,31)(H,29,32)(H3,26,27,34)/b12-9+/t18?,20-,21+/m0/s1. The van der Waals surface area contributed by atoms with Gasteiger partial charge in [0.25, 0.3) is 5.91 Å². The van der Waals surface area contributed by atoms with E-state index in [-0.39, 0.29) is 24.8 Å². The number of primary amides is 1. The molecule has 0 saturated heterocycles. The lowest BCUT2D eigenvalue weighted by Gasteiger charge is -2.31. The van der Waals surface area contributed by atoms with Crippen molar-refractivity contribution in [1.82, 2.24) is 21.2 Å². The van der Waals surface area contributed by atoms with Crippen LogP contribution in [0.3, 0.4) is 0 Å². The molecule has 6 N–H and O–H groups in total. The maximum Gasteiger partial charge on any atom is 0.312 e. The molecule has 1 aromatic rings. The molecule has 0 bridgehead atoms. The summed E-state index contributed by atoms with van der Waals surface area (Å²) >= 11 is 0. The Labute approximate surface area is 207 Å². The van der Waals surface area contributed by atoms with Crippen molar-refractivity contribution in [2.45, 2.75) is 53.5 Å². The Morgan fingerprint density at radius 3 is 2.11 bits per heavy atom. The number of benzene rings is 1. The average Bonchev–Trinajstić information content (AvgIpc) is 2.79. The first kappa shape index (κ1) is 29.6. The van der Waals surface area contributed by atoms with Gasteiger partial charge in [-0.3, -0.25) is 30.0 Å². The van der Waals surface area contributed by atoms with Crippen molar-refractivity contribution < 1.29 is 24.4 Å². The van der Waals surface area contributed by atoms with Gasteiger partial charge in [0, 0.05) is 6.54 Å². The highest BCUT2D eigenvalue weighted by atomic mass is 16.5. The van der Waals surface area contributed by atoms with E-state index in [1.54, 1.807) is 11.6 Å². The van der Waals surface area contributed by atoms with Gasteiger partial charge in [-0.15, -0.1) is 0 Å². The number of amides is 5. The van der Waals surface area contributed by atoms with Crippen molar-refractivity contribution in [3.63, 3.8) is 0 Å². The quantitative estimate of drug-likeness (QED) is 0.225. The van der Waals surface area contributed by atoms with Gasteiger partial charge in [0.05, 0.1) is 11.8 Å². The summed E-state index contributed by atoms with van der Waals surface area (Å²) in [6, 6.07) is 7.68. The van der Waals surface area contributed by atoms with Crippen LogP contribution in [0.1, 0.15) is 53.0 Å². The monoisotopic (exact) mass is 489 g/mol. The van der Waals surface area contributed by atoms with Crippen molar-refractivity contribution in [2.24, 2.45) is 29.4 Å². The van der Waals surface area contributed by atoms with Gasteiger partial charge in [-0.2, -0.15) is 0 Å². The number of hydroxylamine groups is 1. The lowest BCUT2D eigenvalue weighted by Crippen LogP contribution is -2.57. The van der Waals surface area contributed by atoms with E-state index < -0.39 is 41.6 Å². The number of nitrogens with two attached hydrogens (primary N) is 1. The SMILES string of the molecule is CC(C)C[C@@H](C(=O)NN(CC(C)C)C(=O)C(C)NC(N)=O)[C@H](C/C=C/c1ccccc1)C(=O)NO. The summed E-state index contributed by atoms with van der Waals surface area (Å²) < 4.78 is 0. The third-order valence-corrected chi connectivity index (χ3v) is 5.28. The summed E-state index contributed by atoms with van der Waals surface area (Å²) in [6.45, 7) is 9.25. The van der Waals surface area contributed by atoms with Crippen LogP contribution in [0.5, 0.6) is 0 Å². The Bertz CT molecular complexity index is 872. The molecule has 194 valence electrons. The minimum Gasteiger partial charge on any atom is -0.352 e. The lowest BCUT2D eigenvalue weighted by molar-refractivity contribution is -0.148. The normalized spacial score (nSPS) is 13.8. The maximum atomic E-state index is 13.4. The zero-order valence-corrected chi connectivity index (χ0v) is 21.2. The molecule has 5 amide bonds. The van der Waals surface area contributed by atoms with Crippen LogP contribution in [-0.2, 0) is 14.4 Å². The highest BCUT2D eigenvalue weighted by Gasteiger charge is 2.35. The summed E-state index contributed by atoms with van der Waals surface area (Å²) in [5.74, 6) is -3.39. The molecule has 0 aromatic heterocycles. The van der Waals surface area contributed by atoms with E-state index >= 15 is 0 Å². The average molecular weight is 490 g/mol. The number of rotatable bonds is 12. The van der Waals surface area contributed by atoms with Crippen LogP contribution < -0.4 is 22.0 Å². The third-order valence-electron chi connectivity index (χ3n) is 5.28. The second kappa shape index (κ2) is 14.8. The van der Waals surface area contributed by atoms with Crippen LogP contribution in [0.2, 0.25) is 0 Å². The van der Waals surface area contributed by atoms with Gasteiger partial charge in [0.1, 0.15) is 6.04 Å². The van der Waals surface area contributed by atoms with Crippen LogP contribution >= 0.6 is 0 Å². The second-order valence-electron chi connectivity index (χ2n) is 9.42. The first-order chi connectivity index (χ1) is 16.5. The molecular weight excluding hydrogens is 450 g/mol. The van der Waals surface area contributed by atoms with Gasteiger partial charge >= 0.3 is 6.03 Å². The largest absolute Gasteiger partial charge is 0.352 e. The van der Waals surface area contributed by atoms with Gasteiger partial charge in [0.2, 0.25) is 11.8 Å². The van der Waals surface area contributed by atoms with Crippen molar-refractivity contribution >= 4 is 29.8 Å². The molecule has 0 radical (unpaired) electrons. The number of allylic oxidation sites excluding steroid dienone is 1. The molecule has 10 heteroatoms. The molecule has 0 aliphatic carbocycles. The minimum absolute atomic E-state index is 0.00826. The van der Waals surface area contributed by atoms with Crippen molar-refractivity contribution in [3.8, 4) is 0 Å². The first-order valence-corrected chi connectivity index (χ1v) is 11.8. The molecule has 1 rings (SSSR count). The molecule has 0 fully saturated rings. The number of carbonyl (C=O) groups is 4. The first-order valence-electron chi connectivity index (χ1n) is 11.8. The van der Waals surface area contributed by atoms with Gasteiger partial charge in [-0.05, 0) is 37.2 Å². The molecule has 10 nitrogen and oxygen atoms in total. The maximum absolute atomic E-state index is 13.4. The van der Waals surface area contributed by atoms with Gasteiger partial charge < -0.3 is 11.1 Å². The zero-order chi connectivity index (χ0) is 26.5. The lowest BCUT2D eigenvalue weighted by atomic mass is 9.82. The van der Waals surface area contributed by atoms with Gasteiger partial charge in [-0.1, -0.05) is 70.2 Å². The van der Waals surface area contributed by atoms with Crippen LogP contribution in [0, 0.1) is 23.7 Å². The fourth-order valence-electron chi connectivity index (χ4n) is 3.69. The van der Waals surface area contributed by atoms with Crippen molar-refractivity contribution in [1.29, 1.82) is 0 Å². The summed E-state index contributed by atoms with van der Waals surface area (Å²) in [5, 5.41) is 12.8. The Morgan fingerprint density at radius 1 is 0.971 bits per heavy atom. The number of nitrogens with one attached hydrogen (secondary N) is 3. The van der Waals surface area contributed by atoms with Crippen molar-refractivity contribution in [3.05, 3.63) is 42.0 Å². The number of nitrogens with zero attached hydrogens (tertiary/aromatic N) is 1. The molecular formula is C25H39N5O5. The molecule has 0 heterocycles. The van der Waals surface area contributed by atoms with Crippen LogP contribution in [0.15, 0.2) is 36.4 Å². The van der Waals surface area contributed by atoms with Crippen LogP contribution in [0.25, 0.3) is 6.08 Å². The summed E-state index contributed by atoms with van der Waals surface area (Å²) in [4.78, 5) is 50.1. The summed E-state index contributed by atoms with van der Waals surface area (Å²) in [7, 11) is 0. The molecule has 1 unspecified atom stereocenters. The Balaban J connectivity index is 3.18. The summed E-state index contributed by atoms with van der Waals surface area (Å²) in [6.07, 6.45) is 4.17. The zero-order valence-electron chi connectivity index (χ0n) is 21.2. The Morgan fingerprint density at radius 2 is 1.60 bits per heavy atom. The van der Waals surface area contributed by atoms with E-state index in [0.717, 1.165) is 10.6 Å². The smallest absolute Gasteiger partial charge is 0.312 e. The molecule has 0 aliphatic heterocycles. The van der Waals surface area contributed by atoms with E-state index in [2.05, 4.69) is 10.7 Å². The topological polar surface area (TPSA) is 154 Å². The highest BCUT2D eigenvalue weighted by Crippen LogP contribution is 2.25. The van der Waals surface area contributed by atoms with E-state index in [4.69, 9.17) is 5.73 Å². The fourth-order valence-corrected chi connectivity index (χ4v) is 3.69. The van der Waals surface area contributed by atoms with E-state index in [0.29, 0.717) is 6.42 Å². The van der Waals surface area contributed by atoms with Crippen molar-refractivity contribution in [2.75, 3.05) is 6.54 Å². The third kappa shape index (κ3) is 10.6. The van der Waals surface area contributed by atoms with E-state index in [9.17, 15) is 24.4 Å². The van der Waals surface area contributed by atoms with Gasteiger partial charge in [0.15, 0.2) is 0 Å². The predicted molar refractivity (Wildman–Crippen MR) is 133 cm³/mol. The van der Waals surface area contributed by atoms with Crippen LogP contribution in [-0.4, -0.2) is 46.6 Å². The van der Waals surface area contributed by atoms with E-state index in [1.807, 2.05) is 64.1 Å². The highest BCUT2D eigenvalue weighted by molar-refractivity contribution is 5.91. The molecule has 1 aromatic carbocycles. The number of hydrogen-bond donors (Lipinski definition) is 5. The summed E-state index contributed by atoms with van der Waals surface area (Å²) in [5.41, 5.74) is 10.4. The number of urea groups is 1. The Kier molecular flexibility index (Phi) is 12.5. The minimum atomic E-state index is -0.958. The van der Waals surface area contributed by atoms with Gasteiger partial charge in [-0.25, -0.2) is 10.3 Å². The second-order valence-corrected chi connectivity index (χ2v) is 9.42.